The molecule has 26 heavy (non-hydrogen) atoms. The van der Waals surface area contributed by atoms with Crippen molar-refractivity contribution in [2.24, 2.45) is 0 Å². The zero-order valence-corrected chi connectivity index (χ0v) is 14.7. The Hall–Kier alpha value is -3.35. The number of anilines is 2. The summed E-state index contributed by atoms with van der Waals surface area (Å²) in [5, 5.41) is 8.42. The summed E-state index contributed by atoms with van der Waals surface area (Å²) in [6.45, 7) is 2.47. The molecule has 2 rings (SSSR count). The van der Waals surface area contributed by atoms with Gasteiger partial charge in [-0.3, -0.25) is 9.59 Å². The molecule has 3 N–H and O–H groups in total. The molecule has 0 atom stereocenters. The molecule has 0 aliphatic heterocycles. The first-order chi connectivity index (χ1) is 12.5. The lowest BCUT2D eigenvalue weighted by Crippen LogP contribution is -2.23. The first kappa shape index (κ1) is 19.0. The number of methoxy groups -OCH3 is 1. The Morgan fingerprint density at radius 2 is 1.46 bits per heavy atom. The van der Waals surface area contributed by atoms with E-state index in [1.54, 1.807) is 48.5 Å². The van der Waals surface area contributed by atoms with E-state index in [0.29, 0.717) is 29.0 Å². The van der Waals surface area contributed by atoms with Gasteiger partial charge in [-0.25, -0.2) is 4.79 Å². The van der Waals surface area contributed by atoms with Crippen LogP contribution in [0.5, 0.6) is 0 Å². The molecule has 7 nitrogen and oxygen atoms in total. The minimum absolute atomic E-state index is 0.0651. The lowest BCUT2D eigenvalue weighted by Gasteiger charge is -2.09. The average molecular weight is 355 g/mol. The summed E-state index contributed by atoms with van der Waals surface area (Å²) in [6.07, 6.45) is 0. The van der Waals surface area contributed by atoms with E-state index in [2.05, 4.69) is 20.7 Å². The van der Waals surface area contributed by atoms with E-state index in [-0.39, 0.29) is 18.4 Å². The highest BCUT2D eigenvalue weighted by Gasteiger charge is 2.07. The van der Waals surface area contributed by atoms with Crippen LogP contribution in [0.25, 0.3) is 0 Å². The second-order valence-electron chi connectivity index (χ2n) is 5.41. The third-order valence-corrected chi connectivity index (χ3v) is 3.53. The van der Waals surface area contributed by atoms with Crippen molar-refractivity contribution in [1.82, 2.24) is 5.32 Å². The van der Waals surface area contributed by atoms with E-state index in [9.17, 15) is 14.4 Å². The maximum absolute atomic E-state index is 12.0. The number of hydrogen-bond acceptors (Lipinski definition) is 5. The Balaban J connectivity index is 1.85. The van der Waals surface area contributed by atoms with Gasteiger partial charge in [0.15, 0.2) is 0 Å². The minimum Gasteiger partial charge on any atom is -0.465 e. The van der Waals surface area contributed by atoms with Gasteiger partial charge in [0, 0.05) is 23.5 Å². The number of rotatable bonds is 7. The predicted octanol–water partition coefficient (Wildman–Crippen LogP) is 2.27. The van der Waals surface area contributed by atoms with Crippen LogP contribution < -0.4 is 16.0 Å². The van der Waals surface area contributed by atoms with Gasteiger partial charge >= 0.3 is 5.97 Å². The number of nitrogens with one attached hydrogen (secondary N) is 3. The van der Waals surface area contributed by atoms with Gasteiger partial charge in [-0.15, -0.1) is 0 Å². The first-order valence-electron chi connectivity index (χ1n) is 8.14. The lowest BCUT2D eigenvalue weighted by atomic mass is 10.2. The van der Waals surface area contributed by atoms with Crippen LogP contribution in [-0.2, 0) is 9.53 Å². The fourth-order valence-corrected chi connectivity index (χ4v) is 2.20. The Kier molecular flexibility index (Phi) is 6.73. The number of benzene rings is 2. The zero-order chi connectivity index (χ0) is 18.9. The second kappa shape index (κ2) is 9.22. The highest BCUT2D eigenvalue weighted by Crippen LogP contribution is 2.11. The summed E-state index contributed by atoms with van der Waals surface area (Å²) in [5.74, 6) is -0.791. The summed E-state index contributed by atoms with van der Waals surface area (Å²) in [5.41, 5.74) is 2.29. The molecule has 2 aromatic carbocycles. The molecule has 0 radical (unpaired) electrons. The molecule has 0 saturated heterocycles. The van der Waals surface area contributed by atoms with Crippen molar-refractivity contribution in [3.63, 3.8) is 0 Å². The quantitative estimate of drug-likeness (QED) is 0.662. The first-order valence-corrected chi connectivity index (χ1v) is 8.14. The maximum atomic E-state index is 12.0. The Morgan fingerprint density at radius 1 is 0.885 bits per heavy atom. The molecule has 0 heterocycles. The number of ether oxygens (including phenoxy) is 1. The molecule has 0 spiro atoms. The fraction of sp³-hybridized carbons (Fsp3) is 0.211. The molecule has 0 unspecified atom stereocenters. The standard InChI is InChI=1S/C19H21N3O4/c1-3-20-18(24)13-4-10-16(11-5-13)22-17(23)12-21-15-8-6-14(7-9-15)19(25)26-2/h4-11,21H,3,12H2,1-2H3,(H,20,24)(H,22,23). The Labute approximate surface area is 151 Å². The molecular formula is C19H21N3O4. The average Bonchev–Trinajstić information content (AvgIpc) is 2.67. The summed E-state index contributed by atoms with van der Waals surface area (Å²) in [4.78, 5) is 35.1. The van der Waals surface area contributed by atoms with Crippen molar-refractivity contribution in [3.8, 4) is 0 Å². The van der Waals surface area contributed by atoms with E-state index in [4.69, 9.17) is 0 Å². The van der Waals surface area contributed by atoms with Crippen LogP contribution in [0.4, 0.5) is 11.4 Å². The zero-order valence-electron chi connectivity index (χ0n) is 14.7. The van der Waals surface area contributed by atoms with Crippen molar-refractivity contribution < 1.29 is 19.1 Å². The normalized spacial score (nSPS) is 9.92. The monoisotopic (exact) mass is 355 g/mol. The largest absolute Gasteiger partial charge is 0.465 e. The summed E-state index contributed by atoms with van der Waals surface area (Å²) >= 11 is 0. The molecule has 0 saturated carbocycles. The second-order valence-corrected chi connectivity index (χ2v) is 5.41. The number of carbonyl (C=O) groups excluding carboxylic acids is 3. The molecule has 7 heteroatoms. The predicted molar refractivity (Wildman–Crippen MR) is 99.4 cm³/mol. The van der Waals surface area contributed by atoms with Gasteiger partial charge in [-0.1, -0.05) is 0 Å². The van der Waals surface area contributed by atoms with Gasteiger partial charge in [0.1, 0.15) is 0 Å². The number of esters is 1. The van der Waals surface area contributed by atoms with Crippen LogP contribution in [0.3, 0.4) is 0 Å². The van der Waals surface area contributed by atoms with Gasteiger partial charge in [0.2, 0.25) is 5.91 Å². The van der Waals surface area contributed by atoms with Gasteiger partial charge < -0.3 is 20.7 Å². The highest BCUT2D eigenvalue weighted by atomic mass is 16.5. The topological polar surface area (TPSA) is 96.5 Å². The smallest absolute Gasteiger partial charge is 0.337 e. The summed E-state index contributed by atoms with van der Waals surface area (Å²) < 4.78 is 4.63. The van der Waals surface area contributed by atoms with E-state index in [1.807, 2.05) is 6.92 Å². The van der Waals surface area contributed by atoms with Crippen LogP contribution in [0, 0.1) is 0 Å². The van der Waals surface area contributed by atoms with Crippen molar-refractivity contribution in [2.45, 2.75) is 6.92 Å². The van der Waals surface area contributed by atoms with E-state index < -0.39 is 5.97 Å². The molecule has 0 aliphatic rings. The molecule has 136 valence electrons. The van der Waals surface area contributed by atoms with E-state index in [1.165, 1.54) is 7.11 Å². The Morgan fingerprint density at radius 3 is 2.04 bits per heavy atom. The van der Waals surface area contributed by atoms with Gasteiger partial charge in [-0.2, -0.15) is 0 Å². The van der Waals surface area contributed by atoms with Crippen molar-refractivity contribution in [2.75, 3.05) is 30.8 Å². The lowest BCUT2D eigenvalue weighted by molar-refractivity contribution is -0.114. The van der Waals surface area contributed by atoms with Crippen molar-refractivity contribution in [1.29, 1.82) is 0 Å². The van der Waals surface area contributed by atoms with Gasteiger partial charge in [-0.05, 0) is 55.5 Å². The van der Waals surface area contributed by atoms with Gasteiger partial charge in [0.25, 0.3) is 5.91 Å². The fourth-order valence-electron chi connectivity index (χ4n) is 2.20. The molecule has 0 aliphatic carbocycles. The van der Waals surface area contributed by atoms with Crippen molar-refractivity contribution >= 4 is 29.2 Å². The van der Waals surface area contributed by atoms with Crippen molar-refractivity contribution in [3.05, 3.63) is 59.7 Å². The van der Waals surface area contributed by atoms with Crippen LogP contribution in [0.1, 0.15) is 27.6 Å². The number of carbonyl (C=O) groups is 3. The molecule has 0 aromatic heterocycles. The molecule has 0 fully saturated rings. The van der Waals surface area contributed by atoms with Crippen LogP contribution in [0.15, 0.2) is 48.5 Å². The highest BCUT2D eigenvalue weighted by molar-refractivity contribution is 5.96. The van der Waals surface area contributed by atoms with Crippen LogP contribution in [-0.4, -0.2) is 38.0 Å². The summed E-state index contributed by atoms with van der Waals surface area (Å²) in [7, 11) is 1.32. The van der Waals surface area contributed by atoms with Gasteiger partial charge in [0.05, 0.1) is 19.2 Å². The maximum Gasteiger partial charge on any atom is 0.337 e. The van der Waals surface area contributed by atoms with Crippen LogP contribution in [0.2, 0.25) is 0 Å². The Bertz CT molecular complexity index is 770. The minimum atomic E-state index is -0.412. The van der Waals surface area contributed by atoms with Crippen LogP contribution >= 0.6 is 0 Å². The summed E-state index contributed by atoms with van der Waals surface area (Å²) in [6, 6.07) is 13.3. The molecular weight excluding hydrogens is 334 g/mol. The number of hydrogen-bond donors (Lipinski definition) is 3. The molecule has 0 bridgehead atoms. The SMILES string of the molecule is CCNC(=O)c1ccc(NC(=O)CNc2ccc(C(=O)OC)cc2)cc1. The van der Waals surface area contributed by atoms with E-state index >= 15 is 0 Å². The molecule has 2 aromatic rings. The third-order valence-electron chi connectivity index (χ3n) is 3.53. The molecule has 2 amide bonds. The van der Waals surface area contributed by atoms with E-state index in [0.717, 1.165) is 0 Å². The third kappa shape index (κ3) is 5.34. The number of amides is 2.